The van der Waals surface area contributed by atoms with Gasteiger partial charge in [-0.1, -0.05) is 12.1 Å². The van der Waals surface area contributed by atoms with Gasteiger partial charge >= 0.3 is 15.5 Å². The molecule has 1 aliphatic heterocycles. The predicted molar refractivity (Wildman–Crippen MR) is 116 cm³/mol. The molecule has 0 atom stereocenters. The lowest BCUT2D eigenvalue weighted by atomic mass is 10.1. The first kappa shape index (κ1) is 25.8. The Labute approximate surface area is 186 Å². The summed E-state index contributed by atoms with van der Waals surface area (Å²) in [4.78, 5) is 4.11. The van der Waals surface area contributed by atoms with E-state index >= 15 is 0 Å². The summed E-state index contributed by atoms with van der Waals surface area (Å²) in [6.07, 6.45) is 1.28. The minimum Gasteiger partial charge on any atom is -0.497 e. The molecule has 166 valence electrons. The predicted octanol–water partition coefficient (Wildman–Crippen LogP) is 2.33. The van der Waals surface area contributed by atoms with E-state index in [1.807, 2.05) is 24.3 Å². The lowest BCUT2D eigenvalue weighted by molar-refractivity contribution is -0.0494. The van der Waals surface area contributed by atoms with E-state index in [2.05, 4.69) is 15.6 Å². The van der Waals surface area contributed by atoms with Crippen molar-refractivity contribution in [2.45, 2.75) is 30.8 Å². The van der Waals surface area contributed by atoms with Gasteiger partial charge in [0.2, 0.25) is 0 Å². The maximum atomic E-state index is 12.6. The van der Waals surface area contributed by atoms with Gasteiger partial charge in [-0.2, -0.15) is 17.5 Å². The summed E-state index contributed by atoms with van der Waals surface area (Å²) >= 11 is 0. The molecular weight excluding hydrogens is 524 g/mol. The average Bonchev–Trinajstić information content (AvgIpc) is 2.67. The first-order chi connectivity index (χ1) is 13.2. The van der Waals surface area contributed by atoms with Crippen molar-refractivity contribution in [3.8, 4) is 5.75 Å². The number of hydrogen-bond acceptors (Lipinski definition) is 4. The van der Waals surface area contributed by atoms with Crippen LogP contribution in [0.25, 0.3) is 0 Å². The highest BCUT2D eigenvalue weighted by Gasteiger charge is 2.50. The number of benzene rings is 1. The largest absolute Gasteiger partial charge is 0.511 e. The number of sulfonamides is 1. The minimum atomic E-state index is -5.26. The summed E-state index contributed by atoms with van der Waals surface area (Å²) < 4.78 is 66.4. The fraction of sp³-hybridized carbons (Fsp3) is 0.588. The first-order valence-corrected chi connectivity index (χ1v) is 10.3. The number of hydrogen-bond donors (Lipinski definition) is 2. The lowest BCUT2D eigenvalue weighted by Crippen LogP contribution is -2.51. The Balaban J connectivity index is 0.00000420. The van der Waals surface area contributed by atoms with Gasteiger partial charge in [0.05, 0.1) is 7.11 Å². The number of nitrogens with zero attached hydrogens (tertiary/aromatic N) is 2. The van der Waals surface area contributed by atoms with Gasteiger partial charge in [-0.3, -0.25) is 4.99 Å². The van der Waals surface area contributed by atoms with E-state index < -0.39 is 15.5 Å². The van der Waals surface area contributed by atoms with Crippen LogP contribution >= 0.6 is 24.0 Å². The maximum absolute atomic E-state index is 12.6. The summed E-state index contributed by atoms with van der Waals surface area (Å²) in [5.74, 6) is 1.31. The van der Waals surface area contributed by atoms with Crippen LogP contribution in [-0.4, -0.2) is 64.0 Å². The molecule has 29 heavy (non-hydrogen) atoms. The number of rotatable bonds is 6. The number of halogens is 4. The zero-order valence-corrected chi connectivity index (χ0v) is 19.3. The van der Waals surface area contributed by atoms with Gasteiger partial charge < -0.3 is 15.4 Å². The molecule has 0 bridgehead atoms. The summed E-state index contributed by atoms with van der Waals surface area (Å²) in [6.45, 7) is 0.245. The molecule has 1 aromatic rings. The quantitative estimate of drug-likeness (QED) is 0.323. The molecule has 7 nitrogen and oxygen atoms in total. The zero-order valence-electron chi connectivity index (χ0n) is 16.2. The van der Waals surface area contributed by atoms with E-state index in [1.54, 1.807) is 14.2 Å². The van der Waals surface area contributed by atoms with E-state index in [0.717, 1.165) is 17.7 Å². The van der Waals surface area contributed by atoms with E-state index in [4.69, 9.17) is 4.74 Å². The summed E-state index contributed by atoms with van der Waals surface area (Å²) in [6, 6.07) is 7.54. The van der Waals surface area contributed by atoms with Crippen LogP contribution in [0.4, 0.5) is 13.2 Å². The van der Waals surface area contributed by atoms with Crippen LogP contribution in [0.15, 0.2) is 29.3 Å². The third-order valence-electron chi connectivity index (χ3n) is 4.49. The lowest BCUT2D eigenvalue weighted by Gasteiger charge is -2.32. The number of guanidine groups is 1. The molecule has 0 aliphatic carbocycles. The van der Waals surface area contributed by atoms with Crippen molar-refractivity contribution in [3.05, 3.63) is 29.8 Å². The van der Waals surface area contributed by atoms with Crippen LogP contribution in [0.3, 0.4) is 0 Å². The molecule has 1 saturated heterocycles. The number of nitrogens with one attached hydrogen (secondary N) is 2. The summed E-state index contributed by atoms with van der Waals surface area (Å²) in [7, 11) is -2.05. The van der Waals surface area contributed by atoms with Crippen molar-refractivity contribution >= 4 is 40.0 Å². The molecule has 0 saturated carbocycles. The van der Waals surface area contributed by atoms with E-state index in [0.29, 0.717) is 16.8 Å². The van der Waals surface area contributed by atoms with Gasteiger partial charge in [-0.15, -0.1) is 24.0 Å². The fourth-order valence-corrected chi connectivity index (χ4v) is 3.91. The van der Waals surface area contributed by atoms with Crippen molar-refractivity contribution in [1.82, 2.24) is 14.9 Å². The monoisotopic (exact) mass is 550 g/mol. The van der Waals surface area contributed by atoms with E-state index in [9.17, 15) is 21.6 Å². The Morgan fingerprint density at radius 3 is 2.52 bits per heavy atom. The molecule has 1 heterocycles. The Morgan fingerprint density at radius 1 is 1.31 bits per heavy atom. The number of piperidine rings is 1. The molecule has 0 amide bonds. The molecular formula is C17H26F3IN4O3S. The third-order valence-corrected chi connectivity index (χ3v) is 6.12. The van der Waals surface area contributed by atoms with Crippen molar-refractivity contribution in [1.29, 1.82) is 0 Å². The van der Waals surface area contributed by atoms with E-state index in [-0.39, 0.29) is 55.9 Å². The van der Waals surface area contributed by atoms with Crippen LogP contribution in [0.5, 0.6) is 5.75 Å². The smallest absolute Gasteiger partial charge is 0.497 e. The average molecular weight is 550 g/mol. The molecule has 2 rings (SSSR count). The topological polar surface area (TPSA) is 83.0 Å². The van der Waals surface area contributed by atoms with Crippen molar-refractivity contribution in [2.75, 3.05) is 33.8 Å². The van der Waals surface area contributed by atoms with Gasteiger partial charge in [-0.05, 0) is 37.0 Å². The molecule has 1 aromatic carbocycles. The molecule has 0 radical (unpaired) electrons. The SMILES string of the molecule is CN=C(NCCc1cccc(OC)c1)NC1CCN(S(=O)(=O)C(F)(F)F)CC1.I. The highest BCUT2D eigenvalue weighted by Crippen LogP contribution is 2.28. The van der Waals surface area contributed by atoms with Gasteiger partial charge in [0, 0.05) is 32.7 Å². The minimum absolute atomic E-state index is 0. The molecule has 2 N–H and O–H groups in total. The van der Waals surface area contributed by atoms with Gasteiger partial charge in [-0.25, -0.2) is 8.42 Å². The number of methoxy groups -OCH3 is 1. The molecule has 0 aromatic heterocycles. The second kappa shape index (κ2) is 11.2. The van der Waals surface area contributed by atoms with Crippen LogP contribution in [-0.2, 0) is 16.4 Å². The van der Waals surface area contributed by atoms with Gasteiger partial charge in [0.15, 0.2) is 5.96 Å². The standard InChI is InChI=1S/C17H25F3N4O3S.HI/c1-21-16(22-9-6-13-4-3-5-15(12-13)27-2)23-14-7-10-24(11-8-14)28(25,26)17(18,19)20;/h3-5,12,14H,6-11H2,1-2H3,(H2,21,22,23);1H. The van der Waals surface area contributed by atoms with Crippen LogP contribution < -0.4 is 15.4 Å². The molecule has 1 fully saturated rings. The van der Waals surface area contributed by atoms with Crippen molar-refractivity contribution in [2.24, 2.45) is 4.99 Å². The van der Waals surface area contributed by atoms with Crippen LogP contribution in [0.2, 0.25) is 0 Å². The van der Waals surface area contributed by atoms with Gasteiger partial charge in [0.1, 0.15) is 5.75 Å². The molecule has 0 unspecified atom stereocenters. The first-order valence-electron chi connectivity index (χ1n) is 8.84. The number of ether oxygens (including phenoxy) is 1. The number of aliphatic imine (C=N–C) groups is 1. The maximum Gasteiger partial charge on any atom is 0.511 e. The third kappa shape index (κ3) is 7.17. The Bertz CT molecular complexity index is 782. The normalized spacial score (nSPS) is 16.8. The summed E-state index contributed by atoms with van der Waals surface area (Å²) in [5.41, 5.74) is -4.17. The highest BCUT2D eigenvalue weighted by molar-refractivity contribution is 14.0. The van der Waals surface area contributed by atoms with Gasteiger partial charge in [0.25, 0.3) is 0 Å². The summed E-state index contributed by atoms with van der Waals surface area (Å²) in [5, 5.41) is 6.29. The van der Waals surface area contributed by atoms with E-state index in [1.165, 1.54) is 0 Å². The van der Waals surface area contributed by atoms with Crippen molar-refractivity contribution in [3.63, 3.8) is 0 Å². The fourth-order valence-electron chi connectivity index (χ4n) is 2.93. The second-order valence-corrected chi connectivity index (χ2v) is 8.30. The molecule has 12 heteroatoms. The molecule has 1 aliphatic rings. The van der Waals surface area contributed by atoms with Crippen LogP contribution in [0, 0.1) is 0 Å². The van der Waals surface area contributed by atoms with Crippen LogP contribution in [0.1, 0.15) is 18.4 Å². The Kier molecular flexibility index (Phi) is 9.95. The number of alkyl halides is 3. The highest BCUT2D eigenvalue weighted by atomic mass is 127. The van der Waals surface area contributed by atoms with Crippen molar-refractivity contribution < 1.29 is 26.3 Å². The zero-order chi connectivity index (χ0) is 20.8. The molecule has 0 spiro atoms. The Morgan fingerprint density at radius 2 is 1.97 bits per heavy atom. The second-order valence-electron chi connectivity index (χ2n) is 6.37. The Hall–Kier alpha value is -1.28.